The van der Waals surface area contributed by atoms with Crippen molar-refractivity contribution in [2.75, 3.05) is 25.0 Å². The number of anilines is 1. The van der Waals surface area contributed by atoms with Crippen LogP contribution in [0.5, 0.6) is 0 Å². The average molecular weight is 308 g/mol. The van der Waals surface area contributed by atoms with Gasteiger partial charge in [-0.1, -0.05) is 12.8 Å². The molecule has 1 aromatic rings. The first-order chi connectivity index (χ1) is 10.4. The van der Waals surface area contributed by atoms with Crippen LogP contribution in [0.3, 0.4) is 0 Å². The molecule has 0 spiro atoms. The highest BCUT2D eigenvalue weighted by atomic mass is 19.1. The molecule has 6 heteroatoms. The highest BCUT2D eigenvalue weighted by molar-refractivity contribution is 5.89. The zero-order valence-corrected chi connectivity index (χ0v) is 12.3. The molecule has 1 atom stereocenters. The SMILES string of the molecule is C#Cc1cc(F)c(NC(=O)N2CCCC(C)(CO)C2)c(F)c1. The zero-order valence-electron chi connectivity index (χ0n) is 12.3. The van der Waals surface area contributed by atoms with E-state index in [1.54, 1.807) is 0 Å². The van der Waals surface area contributed by atoms with Crippen molar-refractivity contribution in [3.8, 4) is 12.3 Å². The van der Waals surface area contributed by atoms with Gasteiger partial charge in [0.25, 0.3) is 0 Å². The Hall–Kier alpha value is -2.13. The number of halogens is 2. The highest BCUT2D eigenvalue weighted by Crippen LogP contribution is 2.29. The van der Waals surface area contributed by atoms with Gasteiger partial charge in [-0.3, -0.25) is 0 Å². The summed E-state index contributed by atoms with van der Waals surface area (Å²) in [6, 6.07) is 1.39. The van der Waals surface area contributed by atoms with Crippen molar-refractivity contribution in [2.45, 2.75) is 19.8 Å². The Morgan fingerprint density at radius 2 is 2.14 bits per heavy atom. The predicted octanol–water partition coefficient (Wildman–Crippen LogP) is 2.57. The van der Waals surface area contributed by atoms with Crippen LogP contribution in [0.2, 0.25) is 0 Å². The molecule has 1 aliphatic heterocycles. The number of aliphatic hydroxyl groups excluding tert-OH is 1. The molecule has 1 saturated heterocycles. The zero-order chi connectivity index (χ0) is 16.3. The minimum atomic E-state index is -0.914. The first kappa shape index (κ1) is 16.2. The van der Waals surface area contributed by atoms with E-state index in [0.717, 1.165) is 25.0 Å². The predicted molar refractivity (Wildman–Crippen MR) is 79.3 cm³/mol. The van der Waals surface area contributed by atoms with Crippen LogP contribution in [0.15, 0.2) is 12.1 Å². The third-order valence-corrected chi connectivity index (χ3v) is 3.89. The fourth-order valence-electron chi connectivity index (χ4n) is 2.58. The van der Waals surface area contributed by atoms with E-state index in [1.807, 2.05) is 6.92 Å². The number of likely N-dealkylation sites (tertiary alicyclic amines) is 1. The Morgan fingerprint density at radius 3 is 2.68 bits per heavy atom. The molecule has 22 heavy (non-hydrogen) atoms. The van der Waals surface area contributed by atoms with Gasteiger partial charge < -0.3 is 15.3 Å². The Balaban J connectivity index is 2.14. The Labute approximate surface area is 128 Å². The number of terminal acetylenes is 1. The molecule has 0 radical (unpaired) electrons. The molecule has 2 N–H and O–H groups in total. The van der Waals surface area contributed by atoms with E-state index in [2.05, 4.69) is 11.2 Å². The lowest BCUT2D eigenvalue weighted by Gasteiger charge is -2.39. The second kappa shape index (κ2) is 6.32. The molecule has 1 unspecified atom stereocenters. The van der Waals surface area contributed by atoms with E-state index in [1.165, 1.54) is 4.90 Å². The van der Waals surface area contributed by atoms with Gasteiger partial charge in [0.15, 0.2) is 11.6 Å². The van der Waals surface area contributed by atoms with Crippen LogP contribution in [0.4, 0.5) is 19.3 Å². The van der Waals surface area contributed by atoms with Crippen LogP contribution >= 0.6 is 0 Å². The molecular weight excluding hydrogens is 290 g/mol. The summed E-state index contributed by atoms with van der Waals surface area (Å²) in [6.07, 6.45) is 6.62. The molecule has 4 nitrogen and oxygen atoms in total. The van der Waals surface area contributed by atoms with E-state index >= 15 is 0 Å². The van der Waals surface area contributed by atoms with E-state index in [4.69, 9.17) is 6.42 Å². The number of urea groups is 1. The van der Waals surface area contributed by atoms with Crippen molar-refractivity contribution >= 4 is 11.7 Å². The average Bonchev–Trinajstić information content (AvgIpc) is 2.50. The molecule has 118 valence electrons. The van der Waals surface area contributed by atoms with E-state index in [0.29, 0.717) is 13.1 Å². The maximum absolute atomic E-state index is 13.8. The standard InChI is InChI=1S/C16H18F2N2O2/c1-3-11-7-12(17)14(13(18)8-11)19-15(22)20-6-4-5-16(2,9-20)10-21/h1,7-8,21H,4-6,9-10H2,2H3,(H,19,22). The number of carbonyl (C=O) groups is 1. The number of benzene rings is 1. The van der Waals surface area contributed by atoms with Crippen molar-refractivity contribution < 1.29 is 18.7 Å². The Bertz CT molecular complexity index is 604. The first-order valence-corrected chi connectivity index (χ1v) is 7.01. The van der Waals surface area contributed by atoms with Crippen molar-refractivity contribution in [2.24, 2.45) is 5.41 Å². The number of rotatable bonds is 2. The van der Waals surface area contributed by atoms with E-state index in [9.17, 15) is 18.7 Å². The lowest BCUT2D eigenvalue weighted by molar-refractivity contribution is 0.0648. The van der Waals surface area contributed by atoms with Gasteiger partial charge in [0.2, 0.25) is 0 Å². The smallest absolute Gasteiger partial charge is 0.322 e. The van der Waals surface area contributed by atoms with Crippen molar-refractivity contribution in [3.63, 3.8) is 0 Å². The number of nitrogens with zero attached hydrogens (tertiary/aromatic N) is 1. The summed E-state index contributed by atoms with van der Waals surface area (Å²) in [5.74, 6) is 0.313. The van der Waals surface area contributed by atoms with Gasteiger partial charge in [-0.15, -0.1) is 6.42 Å². The molecule has 0 bridgehead atoms. The fourth-order valence-corrected chi connectivity index (χ4v) is 2.58. The van der Waals surface area contributed by atoms with Crippen LogP contribution in [0.25, 0.3) is 0 Å². The molecule has 1 aliphatic rings. The number of aliphatic hydroxyl groups is 1. The second-order valence-corrected chi connectivity index (χ2v) is 5.88. The van der Waals surface area contributed by atoms with Crippen LogP contribution in [-0.4, -0.2) is 35.7 Å². The van der Waals surface area contributed by atoms with Gasteiger partial charge in [0.05, 0.1) is 6.61 Å². The summed E-state index contributed by atoms with van der Waals surface area (Å²) in [7, 11) is 0. The molecule has 1 aromatic carbocycles. The topological polar surface area (TPSA) is 52.6 Å². The second-order valence-electron chi connectivity index (χ2n) is 5.88. The van der Waals surface area contributed by atoms with Gasteiger partial charge in [0.1, 0.15) is 5.69 Å². The first-order valence-electron chi connectivity index (χ1n) is 7.01. The third-order valence-electron chi connectivity index (χ3n) is 3.89. The van der Waals surface area contributed by atoms with Crippen LogP contribution in [0.1, 0.15) is 25.3 Å². The van der Waals surface area contributed by atoms with Gasteiger partial charge in [0, 0.05) is 24.1 Å². The minimum absolute atomic E-state index is 0.0453. The maximum atomic E-state index is 13.8. The van der Waals surface area contributed by atoms with Crippen molar-refractivity contribution in [3.05, 3.63) is 29.3 Å². The lowest BCUT2D eigenvalue weighted by atomic mass is 9.83. The number of amides is 2. The summed E-state index contributed by atoms with van der Waals surface area (Å²) in [4.78, 5) is 13.6. The number of hydrogen-bond donors (Lipinski definition) is 2. The van der Waals surface area contributed by atoms with Gasteiger partial charge in [-0.2, -0.15) is 0 Å². The molecule has 0 aliphatic carbocycles. The summed E-state index contributed by atoms with van der Waals surface area (Å²) in [5.41, 5.74) is -0.834. The van der Waals surface area contributed by atoms with Crippen molar-refractivity contribution in [1.82, 2.24) is 4.90 Å². The van der Waals surface area contributed by atoms with Gasteiger partial charge in [-0.25, -0.2) is 13.6 Å². The van der Waals surface area contributed by atoms with Crippen molar-refractivity contribution in [1.29, 1.82) is 0 Å². The molecule has 1 heterocycles. The molecule has 1 fully saturated rings. The van der Waals surface area contributed by atoms with Crippen LogP contribution < -0.4 is 5.32 Å². The number of nitrogens with one attached hydrogen (secondary N) is 1. The summed E-state index contributed by atoms with van der Waals surface area (Å²) < 4.78 is 27.7. The quantitative estimate of drug-likeness (QED) is 0.825. The molecule has 2 rings (SSSR count). The Morgan fingerprint density at radius 1 is 1.50 bits per heavy atom. The monoisotopic (exact) mass is 308 g/mol. The minimum Gasteiger partial charge on any atom is -0.396 e. The summed E-state index contributed by atoms with van der Waals surface area (Å²) in [6.45, 7) is 2.64. The highest BCUT2D eigenvalue weighted by Gasteiger charge is 2.33. The summed E-state index contributed by atoms with van der Waals surface area (Å²) in [5, 5.41) is 11.6. The summed E-state index contributed by atoms with van der Waals surface area (Å²) >= 11 is 0. The number of hydrogen-bond acceptors (Lipinski definition) is 2. The molecule has 0 saturated carbocycles. The van der Waals surface area contributed by atoms with Gasteiger partial charge >= 0.3 is 6.03 Å². The number of carbonyl (C=O) groups excluding carboxylic acids is 1. The van der Waals surface area contributed by atoms with E-state index in [-0.39, 0.29) is 17.6 Å². The normalized spacial score (nSPS) is 21.3. The van der Waals surface area contributed by atoms with Gasteiger partial charge in [-0.05, 0) is 25.0 Å². The molecule has 0 aromatic heterocycles. The molecular formula is C16H18F2N2O2. The largest absolute Gasteiger partial charge is 0.396 e. The van der Waals surface area contributed by atoms with Crippen LogP contribution in [0, 0.1) is 29.4 Å². The third kappa shape index (κ3) is 3.37. The Kier molecular flexibility index (Phi) is 4.67. The lowest BCUT2D eigenvalue weighted by Crippen LogP contribution is -2.48. The van der Waals surface area contributed by atoms with E-state index < -0.39 is 23.4 Å². The fraction of sp³-hybridized carbons (Fsp3) is 0.438. The molecule has 2 amide bonds. The van der Waals surface area contributed by atoms with Crippen LogP contribution in [-0.2, 0) is 0 Å². The number of piperidine rings is 1. The maximum Gasteiger partial charge on any atom is 0.322 e.